The molecule has 1 aliphatic heterocycles. The van der Waals surface area contributed by atoms with Crippen LogP contribution in [0.5, 0.6) is 17.4 Å². The number of hydrogen-bond acceptors (Lipinski definition) is 7. The van der Waals surface area contributed by atoms with E-state index in [1.54, 1.807) is 25.1 Å². The number of carbonyl (C=O) groups is 2. The highest BCUT2D eigenvalue weighted by atomic mass is 16.6. The van der Waals surface area contributed by atoms with Gasteiger partial charge in [-0.1, -0.05) is 12.1 Å². The number of pyridine rings is 1. The molecule has 0 spiro atoms. The molecule has 1 atom stereocenters. The number of carbonyl (C=O) groups excluding carboxylic acids is 2. The van der Waals surface area contributed by atoms with Gasteiger partial charge in [-0.25, -0.2) is 9.78 Å². The number of esters is 1. The molecule has 33 heavy (non-hydrogen) atoms. The Balaban J connectivity index is 1.41. The molecule has 0 bridgehead atoms. The second-order valence-corrected chi connectivity index (χ2v) is 7.68. The molecule has 1 aromatic carbocycles. The molecule has 0 saturated heterocycles. The first-order valence-corrected chi connectivity index (χ1v) is 10.8. The summed E-state index contributed by atoms with van der Waals surface area (Å²) >= 11 is 0. The molecule has 3 heterocycles. The van der Waals surface area contributed by atoms with Crippen LogP contribution in [-0.2, 0) is 11.3 Å². The molecule has 0 saturated carbocycles. The maximum absolute atomic E-state index is 12.8. The fourth-order valence-electron chi connectivity index (χ4n) is 3.81. The molecule has 4 rings (SSSR count). The van der Waals surface area contributed by atoms with Gasteiger partial charge in [-0.2, -0.15) is 0 Å². The number of fused-ring (bicyclic) bond motifs is 1. The zero-order valence-electron chi connectivity index (χ0n) is 18.9. The first kappa shape index (κ1) is 22.4. The lowest BCUT2D eigenvalue weighted by molar-refractivity contribution is 0.0469. The van der Waals surface area contributed by atoms with Crippen LogP contribution in [0.4, 0.5) is 0 Å². The Hall–Kier alpha value is -3.81. The van der Waals surface area contributed by atoms with E-state index in [2.05, 4.69) is 4.98 Å². The summed E-state index contributed by atoms with van der Waals surface area (Å²) in [6.45, 7) is 6.54. The van der Waals surface area contributed by atoms with E-state index in [1.165, 1.54) is 6.20 Å². The van der Waals surface area contributed by atoms with E-state index >= 15 is 0 Å². The Labute approximate surface area is 192 Å². The third-order valence-electron chi connectivity index (χ3n) is 5.43. The average Bonchev–Trinajstić information content (AvgIpc) is 3.11. The quantitative estimate of drug-likeness (QED) is 0.381. The molecule has 0 N–H and O–H groups in total. The van der Waals surface area contributed by atoms with Gasteiger partial charge in [0.25, 0.3) is 0 Å². The van der Waals surface area contributed by atoms with Gasteiger partial charge in [-0.3, -0.25) is 4.79 Å². The predicted molar refractivity (Wildman–Crippen MR) is 120 cm³/mol. The monoisotopic (exact) mass is 450 g/mol. The molecule has 1 unspecified atom stereocenters. The highest BCUT2D eigenvalue weighted by Crippen LogP contribution is 2.31. The number of Topliss-reactive ketones (excluding diaryl/α,β-unsaturated/α-hetero) is 1. The Kier molecular flexibility index (Phi) is 6.63. The summed E-state index contributed by atoms with van der Waals surface area (Å²) in [5.41, 5.74) is 2.39. The summed E-state index contributed by atoms with van der Waals surface area (Å²) in [5.74, 6) is 0.692. The zero-order chi connectivity index (χ0) is 23.4. The number of ether oxygens (including phenoxy) is 4. The lowest BCUT2D eigenvalue weighted by Crippen LogP contribution is -2.33. The SMILES string of the molecule is CCOc1ncccc1C(=O)OCC(=O)c1cc(C)n(CC2COc3ccccc3O2)c1C. The van der Waals surface area contributed by atoms with Gasteiger partial charge in [0.15, 0.2) is 24.2 Å². The summed E-state index contributed by atoms with van der Waals surface area (Å²) in [7, 11) is 0. The number of hydrogen-bond donors (Lipinski definition) is 0. The summed E-state index contributed by atoms with van der Waals surface area (Å²) in [4.78, 5) is 29.3. The van der Waals surface area contributed by atoms with E-state index in [-0.39, 0.29) is 29.9 Å². The highest BCUT2D eigenvalue weighted by Gasteiger charge is 2.24. The van der Waals surface area contributed by atoms with Crippen molar-refractivity contribution in [2.75, 3.05) is 19.8 Å². The van der Waals surface area contributed by atoms with E-state index in [0.29, 0.717) is 31.1 Å². The third kappa shape index (κ3) is 4.84. The summed E-state index contributed by atoms with van der Waals surface area (Å²) in [5, 5.41) is 0. The van der Waals surface area contributed by atoms with Crippen LogP contribution in [0.1, 0.15) is 39.0 Å². The summed E-state index contributed by atoms with van der Waals surface area (Å²) < 4.78 is 24.5. The molecule has 1 aliphatic rings. The highest BCUT2D eigenvalue weighted by molar-refractivity contribution is 6.00. The first-order chi connectivity index (χ1) is 16.0. The lowest BCUT2D eigenvalue weighted by atomic mass is 10.1. The van der Waals surface area contributed by atoms with Crippen molar-refractivity contribution in [1.82, 2.24) is 9.55 Å². The van der Waals surface area contributed by atoms with Crippen molar-refractivity contribution in [3.05, 3.63) is 71.2 Å². The molecule has 8 nitrogen and oxygen atoms in total. The second-order valence-electron chi connectivity index (χ2n) is 7.68. The van der Waals surface area contributed by atoms with Gasteiger partial charge >= 0.3 is 5.97 Å². The Morgan fingerprint density at radius 2 is 1.91 bits per heavy atom. The molecule has 0 fully saturated rings. The van der Waals surface area contributed by atoms with Crippen LogP contribution >= 0.6 is 0 Å². The number of rotatable bonds is 8. The van der Waals surface area contributed by atoms with Crippen molar-refractivity contribution < 1.29 is 28.5 Å². The van der Waals surface area contributed by atoms with Crippen LogP contribution in [0.25, 0.3) is 0 Å². The molecular formula is C25H26N2O6. The van der Waals surface area contributed by atoms with Crippen LogP contribution < -0.4 is 14.2 Å². The standard InChI is InChI=1S/C25H26N2O6/c1-4-30-24-19(8-7-11-26-24)25(29)32-15-21(28)20-12-16(2)27(17(20)3)13-18-14-31-22-9-5-6-10-23(22)33-18/h5-12,18H,4,13-15H2,1-3H3. The Bertz CT molecular complexity index is 1170. The molecule has 0 amide bonds. The van der Waals surface area contributed by atoms with E-state index in [0.717, 1.165) is 17.1 Å². The van der Waals surface area contributed by atoms with Gasteiger partial charge in [-0.05, 0) is 51.1 Å². The second kappa shape index (κ2) is 9.77. The Morgan fingerprint density at radius 3 is 2.70 bits per heavy atom. The molecule has 0 aliphatic carbocycles. The summed E-state index contributed by atoms with van der Waals surface area (Å²) in [6.07, 6.45) is 1.34. The molecule has 2 aromatic heterocycles. The zero-order valence-corrected chi connectivity index (χ0v) is 18.9. The number of ketones is 1. The number of aryl methyl sites for hydroxylation is 1. The topological polar surface area (TPSA) is 88.9 Å². The van der Waals surface area contributed by atoms with Gasteiger partial charge in [0.05, 0.1) is 13.2 Å². The van der Waals surface area contributed by atoms with Crippen molar-refractivity contribution in [3.8, 4) is 17.4 Å². The van der Waals surface area contributed by atoms with E-state index < -0.39 is 5.97 Å². The Morgan fingerprint density at radius 1 is 1.12 bits per heavy atom. The van der Waals surface area contributed by atoms with Crippen molar-refractivity contribution in [2.45, 2.75) is 33.4 Å². The predicted octanol–water partition coefficient (Wildman–Crippen LogP) is 3.78. The molecule has 0 radical (unpaired) electrons. The van der Waals surface area contributed by atoms with Crippen molar-refractivity contribution in [2.24, 2.45) is 0 Å². The van der Waals surface area contributed by atoms with Crippen LogP contribution in [0, 0.1) is 13.8 Å². The van der Waals surface area contributed by atoms with Gasteiger partial charge < -0.3 is 23.5 Å². The number of aromatic nitrogens is 2. The molecule has 172 valence electrons. The third-order valence-corrected chi connectivity index (χ3v) is 5.43. The number of nitrogens with zero attached hydrogens (tertiary/aromatic N) is 2. The number of benzene rings is 1. The van der Waals surface area contributed by atoms with Crippen LogP contribution in [0.3, 0.4) is 0 Å². The van der Waals surface area contributed by atoms with Gasteiger partial charge in [0.1, 0.15) is 12.2 Å². The fourth-order valence-corrected chi connectivity index (χ4v) is 3.81. The minimum absolute atomic E-state index is 0.187. The molecule has 8 heteroatoms. The van der Waals surface area contributed by atoms with Crippen molar-refractivity contribution >= 4 is 11.8 Å². The van der Waals surface area contributed by atoms with Gasteiger partial charge in [0.2, 0.25) is 11.7 Å². The van der Waals surface area contributed by atoms with Crippen LogP contribution in [0.15, 0.2) is 48.7 Å². The smallest absolute Gasteiger partial charge is 0.344 e. The van der Waals surface area contributed by atoms with Gasteiger partial charge in [-0.15, -0.1) is 0 Å². The molecular weight excluding hydrogens is 424 g/mol. The van der Waals surface area contributed by atoms with Crippen molar-refractivity contribution in [3.63, 3.8) is 0 Å². The minimum atomic E-state index is -0.653. The maximum Gasteiger partial charge on any atom is 0.344 e. The van der Waals surface area contributed by atoms with E-state index in [1.807, 2.05) is 42.7 Å². The number of para-hydroxylation sites is 2. The first-order valence-electron chi connectivity index (χ1n) is 10.8. The van der Waals surface area contributed by atoms with E-state index in [4.69, 9.17) is 18.9 Å². The lowest BCUT2D eigenvalue weighted by Gasteiger charge is -2.27. The van der Waals surface area contributed by atoms with Crippen LogP contribution in [0.2, 0.25) is 0 Å². The van der Waals surface area contributed by atoms with Crippen LogP contribution in [-0.4, -0.2) is 47.2 Å². The molecule has 3 aromatic rings. The minimum Gasteiger partial charge on any atom is -0.486 e. The maximum atomic E-state index is 12.8. The largest absolute Gasteiger partial charge is 0.486 e. The fraction of sp³-hybridized carbons (Fsp3) is 0.320. The normalized spacial score (nSPS) is 14.6. The average molecular weight is 450 g/mol. The van der Waals surface area contributed by atoms with Crippen molar-refractivity contribution in [1.29, 1.82) is 0 Å². The van der Waals surface area contributed by atoms with E-state index in [9.17, 15) is 9.59 Å². The summed E-state index contributed by atoms with van der Waals surface area (Å²) in [6, 6.07) is 12.5. The van der Waals surface area contributed by atoms with Gasteiger partial charge in [0, 0.05) is 23.1 Å².